The van der Waals surface area contributed by atoms with Crippen LogP contribution in [0.3, 0.4) is 0 Å². The molecule has 0 radical (unpaired) electrons. The van der Waals surface area contributed by atoms with Gasteiger partial charge in [-0.05, 0) is 17.7 Å². The average molecular weight is 294 g/mol. The quantitative estimate of drug-likeness (QED) is 0.593. The van der Waals surface area contributed by atoms with Crippen molar-refractivity contribution in [1.29, 1.82) is 0 Å². The molecule has 0 aromatic heterocycles. The highest BCUT2D eigenvalue weighted by atomic mass is 16.7. The molecule has 1 aromatic carbocycles. The van der Waals surface area contributed by atoms with Crippen LogP contribution in [0.2, 0.25) is 0 Å². The van der Waals surface area contributed by atoms with Gasteiger partial charge in [-0.1, -0.05) is 30.3 Å². The number of carbonyl (C=O) groups is 2. The second kappa shape index (κ2) is 9.41. The second-order valence-electron chi connectivity index (χ2n) is 3.99. The number of ether oxygens (including phenoxy) is 4. The Labute approximate surface area is 123 Å². The summed E-state index contributed by atoms with van der Waals surface area (Å²) < 4.78 is 18.6. The molecule has 1 unspecified atom stereocenters. The topological polar surface area (TPSA) is 71.1 Å². The fraction of sp³-hybridized carbons (Fsp3) is 0.333. The monoisotopic (exact) mass is 294 g/mol. The van der Waals surface area contributed by atoms with Crippen LogP contribution in [-0.4, -0.2) is 39.2 Å². The van der Waals surface area contributed by atoms with Crippen LogP contribution in [0, 0.1) is 0 Å². The van der Waals surface area contributed by atoms with E-state index in [0.29, 0.717) is 6.42 Å². The molecule has 1 rings (SSSR count). The molecule has 0 saturated carbocycles. The average Bonchev–Trinajstić information content (AvgIpc) is 2.51. The molecule has 0 aliphatic carbocycles. The Hall–Kier alpha value is -2.50. The number of rotatable bonds is 6. The molecule has 21 heavy (non-hydrogen) atoms. The fourth-order valence-corrected chi connectivity index (χ4v) is 1.55. The molecular formula is C15H18O6. The van der Waals surface area contributed by atoms with Gasteiger partial charge in [0.05, 0.1) is 14.2 Å². The van der Waals surface area contributed by atoms with Crippen molar-refractivity contribution in [2.24, 2.45) is 0 Å². The molecule has 114 valence electrons. The first-order chi connectivity index (χ1) is 10.2. The van der Waals surface area contributed by atoms with Gasteiger partial charge in [-0.3, -0.25) is 0 Å². The highest BCUT2D eigenvalue weighted by Gasteiger charge is 2.12. The first-order valence-corrected chi connectivity index (χ1v) is 6.31. The molecule has 0 N–H and O–H groups in total. The summed E-state index contributed by atoms with van der Waals surface area (Å²) in [6, 6.07) is 9.54. The summed E-state index contributed by atoms with van der Waals surface area (Å²) in [6.45, 7) is 0.0303. The minimum absolute atomic E-state index is 0.0303. The van der Waals surface area contributed by atoms with E-state index in [-0.39, 0.29) is 6.61 Å². The number of methoxy groups -OCH3 is 2. The molecule has 1 aromatic rings. The molecule has 0 fully saturated rings. The number of hydrogen-bond donors (Lipinski definition) is 0. The van der Waals surface area contributed by atoms with E-state index in [9.17, 15) is 9.59 Å². The SMILES string of the molecule is COC(=O)OC/C=C/C(Cc1ccccc1)OC(=O)OC. The van der Waals surface area contributed by atoms with E-state index in [4.69, 9.17) is 9.47 Å². The Kier molecular flexibility index (Phi) is 7.42. The molecular weight excluding hydrogens is 276 g/mol. The van der Waals surface area contributed by atoms with Gasteiger partial charge in [0.25, 0.3) is 0 Å². The highest BCUT2D eigenvalue weighted by molar-refractivity contribution is 5.60. The van der Waals surface area contributed by atoms with Gasteiger partial charge in [0.2, 0.25) is 0 Å². The van der Waals surface area contributed by atoms with Crippen LogP contribution < -0.4 is 0 Å². The summed E-state index contributed by atoms with van der Waals surface area (Å²) in [4.78, 5) is 22.0. The van der Waals surface area contributed by atoms with Gasteiger partial charge in [0, 0.05) is 6.42 Å². The molecule has 0 bridgehead atoms. The van der Waals surface area contributed by atoms with Gasteiger partial charge < -0.3 is 18.9 Å². The summed E-state index contributed by atoms with van der Waals surface area (Å²) in [5.74, 6) is 0. The van der Waals surface area contributed by atoms with E-state index >= 15 is 0 Å². The Morgan fingerprint density at radius 3 is 2.38 bits per heavy atom. The third kappa shape index (κ3) is 7.00. The van der Waals surface area contributed by atoms with E-state index in [1.54, 1.807) is 12.2 Å². The van der Waals surface area contributed by atoms with Gasteiger partial charge in [0.1, 0.15) is 12.7 Å². The predicted molar refractivity (Wildman–Crippen MR) is 74.9 cm³/mol. The maximum absolute atomic E-state index is 11.2. The number of carbonyl (C=O) groups excluding carboxylic acids is 2. The van der Waals surface area contributed by atoms with Gasteiger partial charge >= 0.3 is 12.3 Å². The van der Waals surface area contributed by atoms with Gasteiger partial charge in [0.15, 0.2) is 0 Å². The molecule has 0 amide bonds. The Balaban J connectivity index is 2.57. The Morgan fingerprint density at radius 1 is 1.10 bits per heavy atom. The third-order valence-corrected chi connectivity index (χ3v) is 2.51. The summed E-state index contributed by atoms with van der Waals surface area (Å²) in [7, 11) is 2.47. The molecule has 0 aliphatic heterocycles. The largest absolute Gasteiger partial charge is 0.508 e. The van der Waals surface area contributed by atoms with Crippen LogP contribution in [-0.2, 0) is 25.4 Å². The fourth-order valence-electron chi connectivity index (χ4n) is 1.55. The molecule has 0 spiro atoms. The zero-order chi connectivity index (χ0) is 15.5. The first-order valence-electron chi connectivity index (χ1n) is 6.31. The van der Waals surface area contributed by atoms with Crippen LogP contribution in [0.4, 0.5) is 9.59 Å². The van der Waals surface area contributed by atoms with E-state index in [2.05, 4.69) is 9.47 Å². The number of benzene rings is 1. The zero-order valence-electron chi connectivity index (χ0n) is 12.0. The van der Waals surface area contributed by atoms with Crippen molar-refractivity contribution >= 4 is 12.3 Å². The standard InChI is InChI=1S/C15H18O6/c1-18-14(16)20-10-6-9-13(21-15(17)19-2)11-12-7-4-3-5-8-12/h3-9,13H,10-11H2,1-2H3/b9-6+. The zero-order valence-corrected chi connectivity index (χ0v) is 12.0. The molecule has 0 aliphatic rings. The van der Waals surface area contributed by atoms with Crippen LogP contribution in [0.5, 0.6) is 0 Å². The van der Waals surface area contributed by atoms with Crippen LogP contribution in [0.15, 0.2) is 42.5 Å². The van der Waals surface area contributed by atoms with Crippen molar-refractivity contribution in [2.45, 2.75) is 12.5 Å². The maximum Gasteiger partial charge on any atom is 0.508 e. The van der Waals surface area contributed by atoms with E-state index in [1.165, 1.54) is 14.2 Å². The highest BCUT2D eigenvalue weighted by Crippen LogP contribution is 2.08. The maximum atomic E-state index is 11.2. The van der Waals surface area contributed by atoms with Crippen LogP contribution in [0.25, 0.3) is 0 Å². The number of hydrogen-bond acceptors (Lipinski definition) is 6. The van der Waals surface area contributed by atoms with Crippen molar-refractivity contribution < 1.29 is 28.5 Å². The van der Waals surface area contributed by atoms with Gasteiger partial charge in [-0.15, -0.1) is 0 Å². The minimum atomic E-state index is -0.770. The van der Waals surface area contributed by atoms with Crippen molar-refractivity contribution in [3.8, 4) is 0 Å². The van der Waals surface area contributed by atoms with Gasteiger partial charge in [-0.2, -0.15) is 0 Å². The normalized spacial score (nSPS) is 11.7. The Morgan fingerprint density at radius 2 is 1.76 bits per heavy atom. The van der Waals surface area contributed by atoms with Crippen LogP contribution >= 0.6 is 0 Å². The molecule has 0 saturated heterocycles. The third-order valence-electron chi connectivity index (χ3n) is 2.51. The van der Waals surface area contributed by atoms with Crippen molar-refractivity contribution in [2.75, 3.05) is 20.8 Å². The van der Waals surface area contributed by atoms with Crippen molar-refractivity contribution in [3.63, 3.8) is 0 Å². The first kappa shape index (κ1) is 16.6. The predicted octanol–water partition coefficient (Wildman–Crippen LogP) is 2.72. The summed E-state index contributed by atoms with van der Waals surface area (Å²) in [5.41, 5.74) is 1.00. The smallest absolute Gasteiger partial charge is 0.438 e. The second-order valence-corrected chi connectivity index (χ2v) is 3.99. The van der Waals surface area contributed by atoms with Crippen molar-refractivity contribution in [3.05, 3.63) is 48.0 Å². The lowest BCUT2D eigenvalue weighted by atomic mass is 10.1. The van der Waals surface area contributed by atoms with E-state index in [0.717, 1.165) is 5.56 Å². The summed E-state index contributed by atoms with van der Waals surface area (Å²) >= 11 is 0. The van der Waals surface area contributed by atoms with Crippen molar-refractivity contribution in [1.82, 2.24) is 0 Å². The van der Waals surface area contributed by atoms with Gasteiger partial charge in [-0.25, -0.2) is 9.59 Å². The molecule has 6 heteroatoms. The lowest BCUT2D eigenvalue weighted by molar-refractivity contribution is 0.0519. The lowest BCUT2D eigenvalue weighted by Gasteiger charge is -2.13. The van der Waals surface area contributed by atoms with E-state index < -0.39 is 18.4 Å². The molecule has 6 nitrogen and oxygen atoms in total. The lowest BCUT2D eigenvalue weighted by Crippen LogP contribution is -2.19. The summed E-state index contributed by atoms with van der Waals surface area (Å²) in [5, 5.41) is 0. The van der Waals surface area contributed by atoms with E-state index in [1.807, 2.05) is 30.3 Å². The van der Waals surface area contributed by atoms with Crippen LogP contribution in [0.1, 0.15) is 5.56 Å². The Bertz CT molecular complexity index is 468. The minimum Gasteiger partial charge on any atom is -0.438 e. The molecule has 1 atom stereocenters. The summed E-state index contributed by atoms with van der Waals surface area (Å²) in [6.07, 6.45) is 1.65. The molecule has 0 heterocycles.